The number of benzene rings is 4. The van der Waals surface area contributed by atoms with Gasteiger partial charge in [-0.2, -0.15) is 0 Å². The lowest BCUT2D eigenvalue weighted by molar-refractivity contribution is 0.803. The van der Waals surface area contributed by atoms with Crippen molar-refractivity contribution in [1.82, 2.24) is 40.0 Å². The van der Waals surface area contributed by atoms with Gasteiger partial charge in [-0.15, -0.1) is 16.1 Å². The van der Waals surface area contributed by atoms with E-state index in [4.69, 9.17) is 9.97 Å². The molecular weight excluding hydrogens is 520 g/mol. The van der Waals surface area contributed by atoms with Gasteiger partial charge in [-0.3, -0.25) is 9.97 Å². The Bertz CT molecular complexity index is 2130. The Morgan fingerprint density at radius 1 is 0.714 bits per heavy atom. The topological polar surface area (TPSA) is 87.2 Å². The third-order valence-corrected chi connectivity index (χ3v) is 7.26. The van der Waals surface area contributed by atoms with Crippen molar-refractivity contribution in [1.29, 1.82) is 0 Å². The summed E-state index contributed by atoms with van der Waals surface area (Å²) in [6, 6.07) is 28.3. The second kappa shape index (κ2) is 10.7. The van der Waals surface area contributed by atoms with E-state index in [1.807, 2.05) is 95.4 Å². The van der Waals surface area contributed by atoms with E-state index in [1.165, 1.54) is 5.56 Å². The zero-order valence-electron chi connectivity index (χ0n) is 23.2. The fourth-order valence-electron chi connectivity index (χ4n) is 5.27. The number of aromatic nitrogens is 8. The number of hydrogen-bond donors (Lipinski definition) is 0. The highest BCUT2D eigenvalue weighted by molar-refractivity contribution is 5.78. The van der Waals surface area contributed by atoms with Crippen molar-refractivity contribution in [2.45, 2.75) is 26.7 Å². The van der Waals surface area contributed by atoms with Crippen molar-refractivity contribution in [2.24, 2.45) is 0 Å². The molecule has 0 aliphatic heterocycles. The first kappa shape index (κ1) is 25.3. The van der Waals surface area contributed by atoms with Gasteiger partial charge in [-0.1, -0.05) is 60.0 Å². The normalized spacial score (nSPS) is 11.1. The van der Waals surface area contributed by atoms with Crippen molar-refractivity contribution in [2.75, 3.05) is 0 Å². The quantitative estimate of drug-likeness (QED) is 0.218. The van der Waals surface area contributed by atoms with Gasteiger partial charge >= 0.3 is 0 Å². The van der Waals surface area contributed by atoms with Gasteiger partial charge in [-0.05, 0) is 73.5 Å². The first-order chi connectivity index (χ1) is 20.7. The molecule has 4 aromatic carbocycles. The van der Waals surface area contributed by atoms with E-state index in [-0.39, 0.29) is 0 Å². The largest absolute Gasteiger partial charge is 0.252 e. The van der Waals surface area contributed by atoms with E-state index in [1.54, 1.807) is 0 Å². The molecule has 42 heavy (non-hydrogen) atoms. The standard InChI is InChI=1S/C34H26N8/c1-3-9-23-20-26(41-33-13-7-5-11-28(33)37-39-41)16-17-27(23)31-22-35-30(21-36-31)24-15-18-32(25(19-24)10-4-2)42-34-14-8-6-12-29(34)38-40-42/h5-8,11-22H,4,10H2,1-2H3. The van der Waals surface area contributed by atoms with E-state index in [0.717, 1.165) is 74.4 Å². The molecule has 7 rings (SSSR count). The highest BCUT2D eigenvalue weighted by atomic mass is 15.4. The molecule has 8 heteroatoms. The minimum Gasteiger partial charge on any atom is -0.252 e. The summed E-state index contributed by atoms with van der Waals surface area (Å²) in [6.45, 7) is 4.01. The van der Waals surface area contributed by atoms with Crippen LogP contribution in [-0.2, 0) is 6.42 Å². The zero-order chi connectivity index (χ0) is 28.5. The van der Waals surface area contributed by atoms with Crippen molar-refractivity contribution >= 4 is 22.1 Å². The molecule has 0 bridgehead atoms. The van der Waals surface area contributed by atoms with E-state index in [2.05, 4.69) is 57.6 Å². The van der Waals surface area contributed by atoms with Crippen LogP contribution in [0.25, 0.3) is 56.0 Å². The second-order valence-electron chi connectivity index (χ2n) is 9.97. The van der Waals surface area contributed by atoms with Crippen LogP contribution in [0.5, 0.6) is 0 Å². The summed E-state index contributed by atoms with van der Waals surface area (Å²) in [6.07, 6.45) is 5.56. The Balaban J connectivity index is 1.23. The molecule has 3 aromatic heterocycles. The monoisotopic (exact) mass is 546 g/mol. The van der Waals surface area contributed by atoms with Gasteiger partial charge in [0, 0.05) is 16.7 Å². The fourth-order valence-corrected chi connectivity index (χ4v) is 5.27. The van der Waals surface area contributed by atoms with Crippen LogP contribution in [0.2, 0.25) is 0 Å². The average molecular weight is 547 g/mol. The van der Waals surface area contributed by atoms with E-state index < -0.39 is 0 Å². The maximum absolute atomic E-state index is 4.81. The van der Waals surface area contributed by atoms with Crippen molar-refractivity contribution in [3.05, 3.63) is 108 Å². The van der Waals surface area contributed by atoms with Gasteiger partial charge in [0.05, 0.1) is 46.2 Å². The van der Waals surface area contributed by atoms with Gasteiger partial charge in [0.25, 0.3) is 0 Å². The van der Waals surface area contributed by atoms with E-state index >= 15 is 0 Å². The first-order valence-electron chi connectivity index (χ1n) is 13.9. The molecular formula is C34H26N8. The fraction of sp³-hybridized carbons (Fsp3) is 0.118. The summed E-state index contributed by atoms with van der Waals surface area (Å²) >= 11 is 0. The van der Waals surface area contributed by atoms with Gasteiger partial charge in [0.1, 0.15) is 11.0 Å². The molecule has 0 radical (unpaired) electrons. The summed E-state index contributed by atoms with van der Waals surface area (Å²) in [5.74, 6) is 6.26. The van der Waals surface area contributed by atoms with Gasteiger partial charge < -0.3 is 0 Å². The lowest BCUT2D eigenvalue weighted by atomic mass is 10.0. The van der Waals surface area contributed by atoms with Crippen LogP contribution in [0.1, 0.15) is 31.4 Å². The number of fused-ring (bicyclic) bond motifs is 2. The molecule has 0 unspecified atom stereocenters. The number of nitrogens with zero attached hydrogens (tertiary/aromatic N) is 8. The van der Waals surface area contributed by atoms with Crippen LogP contribution < -0.4 is 0 Å². The molecule has 3 heterocycles. The maximum Gasteiger partial charge on any atom is 0.113 e. The van der Waals surface area contributed by atoms with Crippen molar-refractivity contribution < 1.29 is 0 Å². The Labute approximate surface area is 242 Å². The predicted molar refractivity (Wildman–Crippen MR) is 164 cm³/mol. The smallest absolute Gasteiger partial charge is 0.113 e. The minimum atomic E-state index is 0.756. The van der Waals surface area contributed by atoms with Crippen molar-refractivity contribution in [3.8, 4) is 45.7 Å². The van der Waals surface area contributed by atoms with Crippen LogP contribution in [0.3, 0.4) is 0 Å². The lowest BCUT2D eigenvalue weighted by Gasteiger charge is -2.12. The summed E-state index contributed by atoms with van der Waals surface area (Å²) in [7, 11) is 0. The predicted octanol–water partition coefficient (Wildman–Crippen LogP) is 6.60. The summed E-state index contributed by atoms with van der Waals surface area (Å²) in [4.78, 5) is 9.62. The number of aryl methyl sites for hydroxylation is 1. The molecule has 202 valence electrons. The Kier molecular flexibility index (Phi) is 6.45. The summed E-state index contributed by atoms with van der Waals surface area (Å²) in [5.41, 5.74) is 11.1. The third-order valence-electron chi connectivity index (χ3n) is 7.26. The number of hydrogen-bond acceptors (Lipinski definition) is 6. The minimum absolute atomic E-state index is 0.756. The van der Waals surface area contributed by atoms with Crippen LogP contribution >= 0.6 is 0 Å². The molecule has 0 aliphatic rings. The molecule has 7 aromatic rings. The molecule has 0 aliphatic carbocycles. The molecule has 0 fully saturated rings. The molecule has 0 N–H and O–H groups in total. The zero-order valence-corrected chi connectivity index (χ0v) is 23.2. The number of para-hydroxylation sites is 2. The number of rotatable bonds is 6. The van der Waals surface area contributed by atoms with Crippen LogP contribution in [-0.4, -0.2) is 40.0 Å². The molecule has 0 atom stereocenters. The summed E-state index contributed by atoms with van der Waals surface area (Å²) < 4.78 is 3.75. The molecule has 0 amide bonds. The molecule has 8 nitrogen and oxygen atoms in total. The first-order valence-corrected chi connectivity index (χ1v) is 13.9. The Hall–Kier alpha value is -5.68. The molecule has 0 spiro atoms. The highest BCUT2D eigenvalue weighted by Gasteiger charge is 2.14. The van der Waals surface area contributed by atoms with Crippen LogP contribution in [0, 0.1) is 11.8 Å². The second-order valence-corrected chi connectivity index (χ2v) is 9.97. The van der Waals surface area contributed by atoms with Crippen LogP contribution in [0.4, 0.5) is 0 Å². The Morgan fingerprint density at radius 2 is 1.40 bits per heavy atom. The van der Waals surface area contributed by atoms with Gasteiger partial charge in [0.15, 0.2) is 0 Å². The van der Waals surface area contributed by atoms with E-state index in [9.17, 15) is 0 Å². The Morgan fingerprint density at radius 3 is 2.12 bits per heavy atom. The van der Waals surface area contributed by atoms with Gasteiger partial charge in [-0.25, -0.2) is 9.36 Å². The SMILES string of the molecule is CC#Cc1cc(-n2nnc3ccccc32)ccc1-c1cnc(-c2ccc(-n3nnc4ccccc43)c(CCC)c2)cn1. The van der Waals surface area contributed by atoms with E-state index in [0.29, 0.717) is 0 Å². The average Bonchev–Trinajstić information content (AvgIpc) is 3.66. The highest BCUT2D eigenvalue weighted by Crippen LogP contribution is 2.29. The summed E-state index contributed by atoms with van der Waals surface area (Å²) in [5, 5.41) is 17.4. The van der Waals surface area contributed by atoms with Crippen molar-refractivity contribution in [3.63, 3.8) is 0 Å². The lowest BCUT2D eigenvalue weighted by Crippen LogP contribution is -2.02. The molecule has 0 saturated carbocycles. The molecule has 0 saturated heterocycles. The van der Waals surface area contributed by atoms with Crippen LogP contribution in [0.15, 0.2) is 97.3 Å². The maximum atomic E-state index is 4.81. The van der Waals surface area contributed by atoms with Gasteiger partial charge in [0.2, 0.25) is 0 Å². The third kappa shape index (κ3) is 4.47.